The van der Waals surface area contributed by atoms with Crippen LogP contribution in [0.5, 0.6) is 0 Å². The number of sulfone groups is 1. The van der Waals surface area contributed by atoms with Crippen LogP contribution in [-0.4, -0.2) is 39.7 Å². The van der Waals surface area contributed by atoms with Gasteiger partial charge in [-0.15, -0.1) is 0 Å². The predicted molar refractivity (Wildman–Crippen MR) is 81.1 cm³/mol. The minimum Gasteiger partial charge on any atom is -0.395 e. The van der Waals surface area contributed by atoms with Gasteiger partial charge in [0.15, 0.2) is 14.4 Å². The maximum atomic E-state index is 12.7. The smallest absolute Gasteiger partial charge is 0.229 e. The Kier molecular flexibility index (Phi) is 6.24. The highest BCUT2D eigenvalue weighted by molar-refractivity contribution is 8.08. The number of hydrogen-bond acceptors (Lipinski definition) is 7. The summed E-state index contributed by atoms with van der Waals surface area (Å²) >= 11 is 0. The number of aliphatic hydroxyl groups excluding tert-OH is 1. The van der Waals surface area contributed by atoms with Gasteiger partial charge < -0.3 is 5.11 Å². The number of aliphatic hydroxyl groups is 1. The van der Waals surface area contributed by atoms with Gasteiger partial charge in [-0.25, -0.2) is 21.6 Å². The van der Waals surface area contributed by atoms with Gasteiger partial charge in [0, 0.05) is 6.54 Å². The third-order valence-corrected chi connectivity index (χ3v) is 8.14. The zero-order valence-electron chi connectivity index (χ0n) is 12.2. The minimum absolute atomic E-state index is 0.149. The summed E-state index contributed by atoms with van der Waals surface area (Å²) in [7, 11) is -8.70. The summed E-state index contributed by atoms with van der Waals surface area (Å²) in [5.41, 5.74) is -0.532. The number of nitrogens with one attached hydrogen (secondary N) is 1. The van der Waals surface area contributed by atoms with Crippen LogP contribution in [0.3, 0.4) is 0 Å². The van der Waals surface area contributed by atoms with Gasteiger partial charge in [0.25, 0.3) is 0 Å². The van der Waals surface area contributed by atoms with E-state index in [1.807, 2.05) is 4.72 Å². The van der Waals surface area contributed by atoms with Crippen LogP contribution in [0.4, 0.5) is 0 Å². The summed E-state index contributed by atoms with van der Waals surface area (Å²) in [6.45, 7) is 0.571. The second-order valence-corrected chi connectivity index (χ2v) is 8.79. The molecule has 1 atom stereocenters. The van der Waals surface area contributed by atoms with Crippen molar-refractivity contribution < 1.29 is 21.9 Å². The van der Waals surface area contributed by atoms with Gasteiger partial charge in [0.05, 0.1) is 22.6 Å². The molecule has 1 unspecified atom stereocenters. The Morgan fingerprint density at radius 3 is 2.35 bits per heavy atom. The Labute approximate surface area is 135 Å². The summed E-state index contributed by atoms with van der Waals surface area (Å²) in [5, 5.41) is 26.8. The Balaban J connectivity index is 3.53. The Hall–Kier alpha value is -1.98. The molecule has 0 fully saturated rings. The van der Waals surface area contributed by atoms with Crippen LogP contribution in [0.2, 0.25) is 0 Å². The normalized spacial score (nSPS) is 13.0. The van der Waals surface area contributed by atoms with E-state index in [1.54, 1.807) is 12.1 Å². The molecule has 2 N–H and O–H groups in total. The summed E-state index contributed by atoms with van der Waals surface area (Å²) < 4.78 is 49.8. The monoisotopic (exact) mass is 357 g/mol. The molecule has 0 heterocycles. The molecule has 0 bridgehead atoms. The number of sulfonamides is 1. The van der Waals surface area contributed by atoms with E-state index in [2.05, 4.69) is 0 Å². The van der Waals surface area contributed by atoms with Gasteiger partial charge >= 0.3 is 0 Å². The van der Waals surface area contributed by atoms with Crippen LogP contribution in [0.25, 0.3) is 0 Å². The molecule has 0 saturated carbocycles. The van der Waals surface area contributed by atoms with E-state index >= 15 is 0 Å². The Bertz CT molecular complexity index is 864. The Morgan fingerprint density at radius 2 is 1.87 bits per heavy atom. The molecule has 0 spiro atoms. The first kappa shape index (κ1) is 19.1. The number of benzene rings is 1. The molecule has 0 radical (unpaired) electrons. The molecular formula is C13H15N3O5S2. The lowest BCUT2D eigenvalue weighted by Gasteiger charge is -2.18. The average molecular weight is 357 g/mol. The van der Waals surface area contributed by atoms with Crippen molar-refractivity contribution in [3.63, 3.8) is 0 Å². The first-order valence-electron chi connectivity index (χ1n) is 6.52. The number of rotatable bonds is 7. The van der Waals surface area contributed by atoms with Crippen molar-refractivity contribution in [1.29, 1.82) is 10.5 Å². The first-order chi connectivity index (χ1) is 10.8. The first-order valence-corrected chi connectivity index (χ1v) is 9.62. The second-order valence-electron chi connectivity index (χ2n) is 4.45. The van der Waals surface area contributed by atoms with E-state index in [9.17, 15) is 16.8 Å². The molecule has 0 aromatic heterocycles. The second kappa shape index (κ2) is 7.53. The fraction of sp³-hybridized carbons (Fsp3) is 0.385. The third kappa shape index (κ3) is 3.86. The van der Waals surface area contributed by atoms with E-state index in [0.29, 0.717) is 0 Å². The molecule has 0 aliphatic carbocycles. The van der Waals surface area contributed by atoms with Crippen molar-refractivity contribution in [2.24, 2.45) is 0 Å². The molecular weight excluding hydrogens is 342 g/mol. The summed E-state index contributed by atoms with van der Waals surface area (Å²) in [6.07, 6.45) is -0.259. The van der Waals surface area contributed by atoms with Crippen LogP contribution >= 0.6 is 0 Å². The van der Waals surface area contributed by atoms with Gasteiger partial charge in [-0.05, 0) is 18.6 Å². The van der Waals surface area contributed by atoms with Gasteiger partial charge in [-0.2, -0.15) is 10.5 Å². The fourth-order valence-corrected chi connectivity index (χ4v) is 6.29. The topological polar surface area (TPSA) is 148 Å². The van der Waals surface area contributed by atoms with Crippen molar-refractivity contribution in [2.45, 2.75) is 22.8 Å². The molecule has 10 heteroatoms. The van der Waals surface area contributed by atoms with Crippen LogP contribution in [0.1, 0.15) is 24.5 Å². The highest BCUT2D eigenvalue weighted by atomic mass is 32.3. The largest absolute Gasteiger partial charge is 0.395 e. The van der Waals surface area contributed by atoms with E-state index in [4.69, 9.17) is 15.6 Å². The number of nitrogens with zero attached hydrogens (tertiary/aromatic N) is 2. The van der Waals surface area contributed by atoms with E-state index in [1.165, 1.54) is 19.1 Å². The van der Waals surface area contributed by atoms with Crippen LogP contribution in [0, 0.1) is 22.7 Å². The van der Waals surface area contributed by atoms with Crippen molar-refractivity contribution in [3.05, 3.63) is 29.3 Å². The zero-order valence-corrected chi connectivity index (χ0v) is 13.9. The number of nitriles is 2. The number of hydrogen-bond donors (Lipinski definition) is 2. The van der Waals surface area contributed by atoms with E-state index in [-0.39, 0.29) is 24.1 Å². The molecule has 0 aliphatic rings. The third-order valence-electron chi connectivity index (χ3n) is 3.01. The highest BCUT2D eigenvalue weighted by Crippen LogP contribution is 2.26. The maximum absolute atomic E-state index is 12.7. The molecule has 1 aromatic rings. The lowest BCUT2D eigenvalue weighted by molar-refractivity contribution is 0.301. The van der Waals surface area contributed by atoms with E-state index < -0.39 is 35.9 Å². The van der Waals surface area contributed by atoms with Crippen LogP contribution in [0.15, 0.2) is 23.1 Å². The summed E-state index contributed by atoms with van der Waals surface area (Å²) in [5.74, 6) is 0. The van der Waals surface area contributed by atoms with Crippen LogP contribution in [-0.2, 0) is 19.9 Å². The van der Waals surface area contributed by atoms with Gasteiger partial charge in [-0.1, -0.05) is 13.0 Å². The molecule has 124 valence electrons. The molecule has 1 aromatic carbocycles. The molecule has 0 saturated heterocycles. The average Bonchev–Trinajstić information content (AvgIpc) is 2.52. The van der Waals surface area contributed by atoms with Gasteiger partial charge in [-0.3, -0.25) is 0 Å². The SMILES string of the molecule is CCC(S(=O)(=O)NCCO)S(=O)(=O)c1cccc(C#N)c1C#N. The highest BCUT2D eigenvalue weighted by Gasteiger charge is 2.38. The van der Waals surface area contributed by atoms with Crippen molar-refractivity contribution in [2.75, 3.05) is 13.2 Å². The molecule has 1 rings (SSSR count). The standard InChI is InChI=1S/C13H15N3O5S2/c1-2-13(23(20,21)16-6-7-17)22(18,19)12-5-3-4-10(8-14)11(12)9-15/h3-5,13,16-17H,2,6-7H2,1H3. The lowest BCUT2D eigenvalue weighted by Crippen LogP contribution is -2.40. The summed E-state index contributed by atoms with van der Waals surface area (Å²) in [6, 6.07) is 6.98. The molecule has 0 amide bonds. The van der Waals surface area contributed by atoms with Crippen molar-refractivity contribution >= 4 is 19.9 Å². The maximum Gasteiger partial charge on any atom is 0.229 e. The zero-order chi connectivity index (χ0) is 17.7. The van der Waals surface area contributed by atoms with Crippen molar-refractivity contribution in [3.8, 4) is 12.1 Å². The van der Waals surface area contributed by atoms with Gasteiger partial charge in [0.1, 0.15) is 12.1 Å². The summed E-state index contributed by atoms with van der Waals surface area (Å²) in [4.78, 5) is -0.500. The molecule has 23 heavy (non-hydrogen) atoms. The predicted octanol–water partition coefficient (Wildman–Crippen LogP) is -0.149. The fourth-order valence-electron chi connectivity index (χ4n) is 2.00. The quantitative estimate of drug-likeness (QED) is 0.689. The van der Waals surface area contributed by atoms with Gasteiger partial charge in [0.2, 0.25) is 10.0 Å². The molecule has 0 aliphatic heterocycles. The van der Waals surface area contributed by atoms with Crippen molar-refractivity contribution in [1.82, 2.24) is 4.72 Å². The Morgan fingerprint density at radius 1 is 1.22 bits per heavy atom. The molecule has 8 nitrogen and oxygen atoms in total. The van der Waals surface area contributed by atoms with Crippen LogP contribution < -0.4 is 4.72 Å². The minimum atomic E-state index is -4.42. The van der Waals surface area contributed by atoms with E-state index in [0.717, 1.165) is 6.07 Å². The lowest BCUT2D eigenvalue weighted by atomic mass is 10.1.